The van der Waals surface area contributed by atoms with E-state index in [0.29, 0.717) is 13.0 Å². The minimum atomic E-state index is 0.0863. The minimum absolute atomic E-state index is 0.0863. The van der Waals surface area contributed by atoms with E-state index < -0.39 is 0 Å². The summed E-state index contributed by atoms with van der Waals surface area (Å²) in [7, 11) is 0. The maximum Gasteiger partial charge on any atom is 0.221 e. The van der Waals surface area contributed by atoms with Gasteiger partial charge in [0.25, 0.3) is 0 Å². The highest BCUT2D eigenvalue weighted by atomic mass is 16.1. The SMILES string of the molecule is CC(C)NC(=O)CCNCCn1ccnn1. The highest BCUT2D eigenvalue weighted by Crippen LogP contribution is 1.83. The van der Waals surface area contributed by atoms with Crippen molar-refractivity contribution >= 4 is 5.91 Å². The highest BCUT2D eigenvalue weighted by Gasteiger charge is 2.01. The molecule has 0 aliphatic heterocycles. The van der Waals surface area contributed by atoms with Gasteiger partial charge in [-0.15, -0.1) is 5.10 Å². The van der Waals surface area contributed by atoms with E-state index in [4.69, 9.17) is 0 Å². The fraction of sp³-hybridized carbons (Fsp3) is 0.700. The Morgan fingerprint density at radius 3 is 2.88 bits per heavy atom. The standard InChI is InChI=1S/C10H19N5O/c1-9(2)13-10(16)3-4-11-5-7-15-8-6-12-14-15/h6,8-9,11H,3-5,7H2,1-2H3,(H,13,16). The third-order valence-electron chi connectivity index (χ3n) is 1.97. The van der Waals surface area contributed by atoms with Gasteiger partial charge in [-0.2, -0.15) is 0 Å². The first-order valence-corrected chi connectivity index (χ1v) is 5.52. The summed E-state index contributed by atoms with van der Waals surface area (Å²) in [5.41, 5.74) is 0. The van der Waals surface area contributed by atoms with Crippen LogP contribution < -0.4 is 10.6 Å². The molecule has 0 unspecified atom stereocenters. The van der Waals surface area contributed by atoms with Crippen molar-refractivity contribution < 1.29 is 4.79 Å². The van der Waals surface area contributed by atoms with Gasteiger partial charge in [-0.05, 0) is 13.8 Å². The molecule has 1 heterocycles. The molecule has 0 atom stereocenters. The molecule has 0 aliphatic carbocycles. The van der Waals surface area contributed by atoms with Crippen LogP contribution in [0.4, 0.5) is 0 Å². The van der Waals surface area contributed by atoms with Crippen molar-refractivity contribution in [1.29, 1.82) is 0 Å². The smallest absolute Gasteiger partial charge is 0.221 e. The summed E-state index contributed by atoms with van der Waals surface area (Å²) < 4.78 is 1.75. The van der Waals surface area contributed by atoms with Gasteiger partial charge in [-0.25, -0.2) is 0 Å². The highest BCUT2D eigenvalue weighted by molar-refractivity contribution is 5.76. The zero-order valence-electron chi connectivity index (χ0n) is 9.81. The van der Waals surface area contributed by atoms with Crippen molar-refractivity contribution in [3.63, 3.8) is 0 Å². The summed E-state index contributed by atoms with van der Waals surface area (Å²) >= 11 is 0. The van der Waals surface area contributed by atoms with Crippen molar-refractivity contribution in [2.45, 2.75) is 32.9 Å². The molecule has 90 valence electrons. The summed E-state index contributed by atoms with van der Waals surface area (Å²) in [5.74, 6) is 0.0863. The van der Waals surface area contributed by atoms with Gasteiger partial charge in [0.2, 0.25) is 5.91 Å². The summed E-state index contributed by atoms with van der Waals surface area (Å²) in [6.07, 6.45) is 3.97. The molecule has 16 heavy (non-hydrogen) atoms. The van der Waals surface area contributed by atoms with Crippen LogP contribution in [0.2, 0.25) is 0 Å². The van der Waals surface area contributed by atoms with Crippen molar-refractivity contribution in [2.75, 3.05) is 13.1 Å². The second-order valence-corrected chi connectivity index (χ2v) is 3.89. The molecule has 1 aromatic heterocycles. The number of hydrogen-bond acceptors (Lipinski definition) is 4. The zero-order valence-corrected chi connectivity index (χ0v) is 9.81. The van der Waals surface area contributed by atoms with Gasteiger partial charge >= 0.3 is 0 Å². The van der Waals surface area contributed by atoms with Crippen molar-refractivity contribution in [3.8, 4) is 0 Å². The molecule has 0 saturated carbocycles. The van der Waals surface area contributed by atoms with Crippen LogP contribution in [0.15, 0.2) is 12.4 Å². The monoisotopic (exact) mass is 225 g/mol. The quantitative estimate of drug-likeness (QED) is 0.629. The van der Waals surface area contributed by atoms with E-state index >= 15 is 0 Å². The number of carbonyl (C=O) groups is 1. The van der Waals surface area contributed by atoms with Crippen LogP contribution in [0.25, 0.3) is 0 Å². The fourth-order valence-electron chi connectivity index (χ4n) is 1.27. The number of rotatable bonds is 7. The Morgan fingerprint density at radius 2 is 2.25 bits per heavy atom. The molecular weight excluding hydrogens is 206 g/mol. The van der Waals surface area contributed by atoms with Crippen molar-refractivity contribution in [1.82, 2.24) is 25.6 Å². The van der Waals surface area contributed by atoms with Gasteiger partial charge in [-0.1, -0.05) is 5.21 Å². The first-order chi connectivity index (χ1) is 7.68. The molecule has 0 fully saturated rings. The number of amides is 1. The van der Waals surface area contributed by atoms with Gasteiger partial charge in [0.05, 0.1) is 12.7 Å². The normalized spacial score (nSPS) is 10.7. The van der Waals surface area contributed by atoms with E-state index in [0.717, 1.165) is 13.1 Å². The van der Waals surface area contributed by atoms with E-state index in [2.05, 4.69) is 20.9 Å². The second kappa shape index (κ2) is 6.95. The van der Waals surface area contributed by atoms with Gasteiger partial charge in [0.1, 0.15) is 0 Å². The van der Waals surface area contributed by atoms with Crippen LogP contribution in [-0.2, 0) is 11.3 Å². The van der Waals surface area contributed by atoms with Gasteiger partial charge in [0, 0.05) is 31.7 Å². The van der Waals surface area contributed by atoms with Crippen molar-refractivity contribution in [2.24, 2.45) is 0 Å². The van der Waals surface area contributed by atoms with Gasteiger partial charge in [-0.3, -0.25) is 9.48 Å². The lowest BCUT2D eigenvalue weighted by Gasteiger charge is -2.08. The van der Waals surface area contributed by atoms with E-state index in [1.807, 2.05) is 20.0 Å². The molecule has 1 rings (SSSR count). The Morgan fingerprint density at radius 1 is 1.44 bits per heavy atom. The van der Waals surface area contributed by atoms with E-state index in [9.17, 15) is 4.79 Å². The first kappa shape index (κ1) is 12.6. The van der Waals surface area contributed by atoms with Crippen LogP contribution in [0, 0.1) is 0 Å². The van der Waals surface area contributed by atoms with Gasteiger partial charge < -0.3 is 10.6 Å². The first-order valence-electron chi connectivity index (χ1n) is 5.52. The van der Waals surface area contributed by atoms with E-state index in [1.165, 1.54) is 0 Å². The maximum atomic E-state index is 11.3. The Balaban J connectivity index is 1.98. The summed E-state index contributed by atoms with van der Waals surface area (Å²) in [5, 5.41) is 13.6. The summed E-state index contributed by atoms with van der Waals surface area (Å²) in [6.45, 7) is 6.16. The predicted molar refractivity (Wildman–Crippen MR) is 60.8 cm³/mol. The van der Waals surface area contributed by atoms with Crippen LogP contribution >= 0.6 is 0 Å². The Bertz CT molecular complexity index is 296. The average Bonchev–Trinajstić information content (AvgIpc) is 2.68. The molecule has 0 bridgehead atoms. The number of hydrogen-bond donors (Lipinski definition) is 2. The molecule has 1 aromatic rings. The van der Waals surface area contributed by atoms with E-state index in [1.54, 1.807) is 10.9 Å². The molecule has 0 radical (unpaired) electrons. The maximum absolute atomic E-state index is 11.3. The third-order valence-corrected chi connectivity index (χ3v) is 1.97. The Hall–Kier alpha value is -1.43. The molecule has 0 spiro atoms. The van der Waals surface area contributed by atoms with E-state index in [-0.39, 0.29) is 11.9 Å². The molecule has 0 aromatic carbocycles. The van der Waals surface area contributed by atoms with Crippen molar-refractivity contribution in [3.05, 3.63) is 12.4 Å². The van der Waals surface area contributed by atoms with Crippen LogP contribution in [-0.4, -0.2) is 40.0 Å². The topological polar surface area (TPSA) is 71.8 Å². The Labute approximate surface area is 95.4 Å². The molecule has 2 N–H and O–H groups in total. The zero-order chi connectivity index (χ0) is 11.8. The number of carbonyl (C=O) groups excluding carboxylic acids is 1. The predicted octanol–water partition coefficient (Wildman–Crippen LogP) is -0.218. The van der Waals surface area contributed by atoms with Crippen LogP contribution in [0.5, 0.6) is 0 Å². The largest absolute Gasteiger partial charge is 0.354 e. The molecule has 6 heteroatoms. The number of nitrogens with one attached hydrogen (secondary N) is 2. The average molecular weight is 225 g/mol. The lowest BCUT2D eigenvalue weighted by atomic mass is 10.3. The number of aromatic nitrogens is 3. The Kier molecular flexibility index (Phi) is 5.49. The minimum Gasteiger partial charge on any atom is -0.354 e. The molecular formula is C10H19N5O. The summed E-state index contributed by atoms with van der Waals surface area (Å²) in [6, 6.07) is 0.211. The molecule has 6 nitrogen and oxygen atoms in total. The van der Waals surface area contributed by atoms with Gasteiger partial charge in [0.15, 0.2) is 0 Å². The number of nitrogens with zero attached hydrogens (tertiary/aromatic N) is 3. The molecule has 0 saturated heterocycles. The fourth-order valence-corrected chi connectivity index (χ4v) is 1.27. The van der Waals surface area contributed by atoms with Crippen LogP contribution in [0.1, 0.15) is 20.3 Å². The third kappa shape index (κ3) is 5.45. The van der Waals surface area contributed by atoms with Crippen LogP contribution in [0.3, 0.4) is 0 Å². The second-order valence-electron chi connectivity index (χ2n) is 3.89. The lowest BCUT2D eigenvalue weighted by Crippen LogP contribution is -2.33. The molecule has 0 aliphatic rings. The molecule has 1 amide bonds. The summed E-state index contributed by atoms with van der Waals surface area (Å²) in [4.78, 5) is 11.3. The lowest BCUT2D eigenvalue weighted by molar-refractivity contribution is -0.121.